The van der Waals surface area contributed by atoms with Gasteiger partial charge < -0.3 is 14.8 Å². The molecule has 3 nitrogen and oxygen atoms in total. The summed E-state index contributed by atoms with van der Waals surface area (Å²) < 4.78 is 11.7. The molecule has 2 aliphatic heterocycles. The van der Waals surface area contributed by atoms with Crippen LogP contribution in [0.5, 0.6) is 5.75 Å². The number of rotatable bonds is 2. The van der Waals surface area contributed by atoms with Crippen molar-refractivity contribution >= 4 is 5.69 Å². The van der Waals surface area contributed by atoms with Crippen molar-refractivity contribution in [3.63, 3.8) is 0 Å². The van der Waals surface area contributed by atoms with Crippen LogP contribution in [0.3, 0.4) is 0 Å². The largest absolute Gasteiger partial charge is 0.495 e. The molecular formula is C19H21NO2. The molecule has 0 amide bonds. The molecule has 114 valence electrons. The molecule has 3 atom stereocenters. The van der Waals surface area contributed by atoms with Gasteiger partial charge in [0, 0.05) is 18.1 Å². The lowest BCUT2D eigenvalue weighted by atomic mass is 9.77. The molecule has 1 N–H and O–H groups in total. The van der Waals surface area contributed by atoms with Crippen LogP contribution in [0, 0.1) is 5.92 Å². The van der Waals surface area contributed by atoms with E-state index >= 15 is 0 Å². The number of anilines is 1. The van der Waals surface area contributed by atoms with E-state index in [1.54, 1.807) is 7.11 Å². The summed E-state index contributed by atoms with van der Waals surface area (Å²) in [6.45, 7) is 0.847. The van der Waals surface area contributed by atoms with Crippen LogP contribution < -0.4 is 10.1 Å². The van der Waals surface area contributed by atoms with Gasteiger partial charge in [0.1, 0.15) is 5.75 Å². The molecule has 4 rings (SSSR count). The smallest absolute Gasteiger partial charge is 0.142 e. The van der Waals surface area contributed by atoms with Gasteiger partial charge in [0.2, 0.25) is 0 Å². The summed E-state index contributed by atoms with van der Waals surface area (Å²) in [5.74, 6) is 1.36. The molecule has 22 heavy (non-hydrogen) atoms. The average molecular weight is 295 g/mol. The Morgan fingerprint density at radius 2 is 1.95 bits per heavy atom. The van der Waals surface area contributed by atoms with E-state index in [-0.39, 0.29) is 12.1 Å². The number of benzene rings is 2. The van der Waals surface area contributed by atoms with E-state index in [2.05, 4.69) is 47.8 Å². The van der Waals surface area contributed by atoms with Crippen molar-refractivity contribution in [2.75, 3.05) is 19.0 Å². The predicted molar refractivity (Wildman–Crippen MR) is 87.2 cm³/mol. The number of ether oxygens (including phenoxy) is 2. The maximum atomic E-state index is 6.16. The minimum Gasteiger partial charge on any atom is -0.495 e. The molecule has 1 fully saturated rings. The molecule has 0 bridgehead atoms. The first-order valence-corrected chi connectivity index (χ1v) is 7.98. The summed E-state index contributed by atoms with van der Waals surface area (Å²) >= 11 is 0. The van der Waals surface area contributed by atoms with Gasteiger partial charge in [-0.3, -0.25) is 0 Å². The zero-order valence-electron chi connectivity index (χ0n) is 12.8. The molecule has 2 heterocycles. The second-order valence-corrected chi connectivity index (χ2v) is 6.05. The molecule has 0 aromatic heterocycles. The summed E-state index contributed by atoms with van der Waals surface area (Å²) in [7, 11) is 1.72. The molecule has 2 aromatic carbocycles. The third-order valence-electron chi connectivity index (χ3n) is 4.84. The minimum atomic E-state index is 0.158. The summed E-state index contributed by atoms with van der Waals surface area (Å²) in [6, 6.07) is 17.2. The summed E-state index contributed by atoms with van der Waals surface area (Å²) in [5.41, 5.74) is 3.64. The van der Waals surface area contributed by atoms with Crippen LogP contribution >= 0.6 is 0 Å². The van der Waals surface area contributed by atoms with E-state index in [1.807, 2.05) is 6.07 Å². The van der Waals surface area contributed by atoms with Crippen molar-refractivity contribution in [1.29, 1.82) is 0 Å². The second-order valence-electron chi connectivity index (χ2n) is 6.05. The Balaban J connectivity index is 1.81. The monoisotopic (exact) mass is 295 g/mol. The first-order chi connectivity index (χ1) is 10.9. The number of para-hydroxylation sites is 1. The highest BCUT2D eigenvalue weighted by atomic mass is 16.5. The first kappa shape index (κ1) is 13.6. The molecule has 0 spiro atoms. The number of fused-ring (bicyclic) bond motifs is 3. The topological polar surface area (TPSA) is 30.5 Å². The van der Waals surface area contributed by atoms with Crippen LogP contribution in [0.2, 0.25) is 0 Å². The SMILES string of the molecule is COc1cccc2c1NC(c1ccccc1)[C@@H]1CCCO[C@H]21. The van der Waals surface area contributed by atoms with E-state index in [9.17, 15) is 0 Å². The molecule has 0 aliphatic carbocycles. The fraction of sp³-hybridized carbons (Fsp3) is 0.368. The van der Waals surface area contributed by atoms with Gasteiger partial charge in [-0.1, -0.05) is 42.5 Å². The van der Waals surface area contributed by atoms with Crippen molar-refractivity contribution in [2.45, 2.75) is 25.0 Å². The zero-order chi connectivity index (χ0) is 14.9. The Morgan fingerprint density at radius 1 is 1.09 bits per heavy atom. The summed E-state index contributed by atoms with van der Waals surface area (Å²) in [6.07, 6.45) is 2.48. The standard InChI is InChI=1S/C19H21NO2/c1-21-16-11-5-9-15-18(16)20-17(13-7-3-2-4-8-13)14-10-6-12-22-19(14)15/h2-5,7-9,11,14,17,19-20H,6,10,12H2,1H3/t14-,17?,19-/m0/s1. The van der Waals surface area contributed by atoms with Crippen molar-refractivity contribution in [1.82, 2.24) is 0 Å². The third kappa shape index (κ3) is 2.17. The van der Waals surface area contributed by atoms with E-state index in [1.165, 1.54) is 17.5 Å². The van der Waals surface area contributed by atoms with E-state index in [4.69, 9.17) is 9.47 Å². The van der Waals surface area contributed by atoms with Gasteiger partial charge in [-0.2, -0.15) is 0 Å². The Labute approximate surface area is 131 Å². The highest BCUT2D eigenvalue weighted by molar-refractivity contribution is 5.66. The zero-order valence-corrected chi connectivity index (χ0v) is 12.8. The molecule has 2 aromatic rings. The molecule has 0 saturated carbocycles. The van der Waals surface area contributed by atoms with Crippen LogP contribution in [0.15, 0.2) is 48.5 Å². The van der Waals surface area contributed by atoms with Gasteiger partial charge >= 0.3 is 0 Å². The van der Waals surface area contributed by atoms with Gasteiger partial charge in [0.05, 0.1) is 24.9 Å². The van der Waals surface area contributed by atoms with E-state index < -0.39 is 0 Å². The molecule has 1 unspecified atom stereocenters. The lowest BCUT2D eigenvalue weighted by molar-refractivity contribution is -0.0382. The summed E-state index contributed by atoms with van der Waals surface area (Å²) in [5, 5.41) is 3.73. The van der Waals surface area contributed by atoms with Crippen molar-refractivity contribution in [3.8, 4) is 5.75 Å². The number of hydrogen-bond donors (Lipinski definition) is 1. The lowest BCUT2D eigenvalue weighted by Gasteiger charge is -2.43. The Bertz CT molecular complexity index is 656. The highest BCUT2D eigenvalue weighted by Gasteiger charge is 2.40. The fourth-order valence-electron chi connectivity index (χ4n) is 3.83. The van der Waals surface area contributed by atoms with Gasteiger partial charge in [0.25, 0.3) is 0 Å². The Hall–Kier alpha value is -2.00. The van der Waals surface area contributed by atoms with E-state index in [0.717, 1.165) is 24.5 Å². The quantitative estimate of drug-likeness (QED) is 0.894. The Kier molecular flexibility index (Phi) is 3.51. The molecule has 1 saturated heterocycles. The van der Waals surface area contributed by atoms with Crippen LogP contribution in [0.4, 0.5) is 5.69 Å². The maximum Gasteiger partial charge on any atom is 0.142 e. The van der Waals surface area contributed by atoms with Crippen LogP contribution in [0.25, 0.3) is 0 Å². The van der Waals surface area contributed by atoms with Gasteiger partial charge in [-0.15, -0.1) is 0 Å². The predicted octanol–water partition coefficient (Wildman–Crippen LogP) is 4.33. The van der Waals surface area contributed by atoms with Crippen molar-refractivity contribution < 1.29 is 9.47 Å². The maximum absolute atomic E-state index is 6.16. The number of nitrogens with one attached hydrogen (secondary N) is 1. The second kappa shape index (κ2) is 5.65. The van der Waals surface area contributed by atoms with E-state index in [0.29, 0.717) is 5.92 Å². The van der Waals surface area contributed by atoms with Crippen LogP contribution in [0.1, 0.15) is 36.1 Å². The number of hydrogen-bond acceptors (Lipinski definition) is 3. The minimum absolute atomic E-state index is 0.158. The van der Waals surface area contributed by atoms with Gasteiger partial charge in [-0.25, -0.2) is 0 Å². The van der Waals surface area contributed by atoms with Crippen LogP contribution in [-0.2, 0) is 4.74 Å². The molecule has 0 radical (unpaired) electrons. The van der Waals surface area contributed by atoms with Gasteiger partial charge in [-0.05, 0) is 24.5 Å². The molecule has 3 heteroatoms. The van der Waals surface area contributed by atoms with Crippen molar-refractivity contribution in [3.05, 3.63) is 59.7 Å². The average Bonchev–Trinajstić information content (AvgIpc) is 2.61. The third-order valence-corrected chi connectivity index (χ3v) is 4.84. The first-order valence-electron chi connectivity index (χ1n) is 7.98. The lowest BCUT2D eigenvalue weighted by Crippen LogP contribution is -2.36. The summed E-state index contributed by atoms with van der Waals surface area (Å²) in [4.78, 5) is 0. The Morgan fingerprint density at radius 3 is 2.77 bits per heavy atom. The highest BCUT2D eigenvalue weighted by Crippen LogP contribution is 2.51. The molecular weight excluding hydrogens is 274 g/mol. The van der Waals surface area contributed by atoms with Crippen molar-refractivity contribution in [2.24, 2.45) is 5.92 Å². The number of methoxy groups -OCH3 is 1. The van der Waals surface area contributed by atoms with Crippen LogP contribution in [-0.4, -0.2) is 13.7 Å². The van der Waals surface area contributed by atoms with Gasteiger partial charge in [0.15, 0.2) is 0 Å². The fourth-order valence-corrected chi connectivity index (χ4v) is 3.83. The molecule has 2 aliphatic rings. The normalized spacial score (nSPS) is 26.5.